The molecule has 1 atom stereocenters. The van der Waals surface area contributed by atoms with Gasteiger partial charge in [0.2, 0.25) is 6.10 Å². The van der Waals surface area contributed by atoms with E-state index in [1.165, 1.54) is 5.56 Å². The Morgan fingerprint density at radius 2 is 1.69 bits per heavy atom. The molecule has 1 N–H and O–H groups in total. The first-order valence-corrected chi connectivity index (χ1v) is 9.06. The minimum absolute atomic E-state index is 0.0946. The molecule has 1 unspecified atom stereocenters. The largest absolute Gasteiger partial charge is 0.485 e. The van der Waals surface area contributed by atoms with E-state index in [9.17, 15) is 4.79 Å². The lowest BCUT2D eigenvalue weighted by atomic mass is 9.74. The third kappa shape index (κ3) is 3.40. The summed E-state index contributed by atoms with van der Waals surface area (Å²) < 4.78 is 17.0. The summed E-state index contributed by atoms with van der Waals surface area (Å²) >= 11 is 0. The van der Waals surface area contributed by atoms with Crippen molar-refractivity contribution in [3.05, 3.63) is 60.2 Å². The number of benzene rings is 2. The zero-order valence-electron chi connectivity index (χ0n) is 14.6. The minimum atomic E-state index is -0.627. The molecule has 136 valence electrons. The van der Waals surface area contributed by atoms with Crippen LogP contribution in [0.15, 0.2) is 54.6 Å². The Bertz CT molecular complexity index is 756. The standard InChI is InChI=1S/C21H23NO4/c23-20(19-14-25-17-8-4-5-9-18(17)26-19)22-15-21(10-12-24-13-11-21)16-6-2-1-3-7-16/h1-9,19H,10-15H2,(H,22,23). The van der Waals surface area contributed by atoms with Crippen molar-refractivity contribution in [2.45, 2.75) is 24.4 Å². The highest BCUT2D eigenvalue weighted by Gasteiger charge is 2.36. The zero-order valence-corrected chi connectivity index (χ0v) is 14.6. The number of nitrogens with one attached hydrogen (secondary N) is 1. The van der Waals surface area contributed by atoms with Crippen LogP contribution >= 0.6 is 0 Å². The number of amides is 1. The van der Waals surface area contributed by atoms with Gasteiger partial charge in [0.15, 0.2) is 11.5 Å². The van der Waals surface area contributed by atoms with Crippen LogP contribution < -0.4 is 14.8 Å². The molecule has 0 saturated carbocycles. The molecule has 2 aliphatic rings. The molecule has 2 aromatic carbocycles. The Morgan fingerprint density at radius 3 is 2.46 bits per heavy atom. The lowest BCUT2D eigenvalue weighted by Gasteiger charge is -2.38. The highest BCUT2D eigenvalue weighted by atomic mass is 16.6. The first-order valence-electron chi connectivity index (χ1n) is 9.06. The number of rotatable bonds is 4. The molecule has 0 bridgehead atoms. The van der Waals surface area contributed by atoms with Gasteiger partial charge in [-0.3, -0.25) is 4.79 Å². The van der Waals surface area contributed by atoms with Crippen LogP contribution in [-0.4, -0.2) is 38.4 Å². The van der Waals surface area contributed by atoms with Gasteiger partial charge in [-0.2, -0.15) is 0 Å². The van der Waals surface area contributed by atoms with E-state index in [0.717, 1.165) is 12.8 Å². The summed E-state index contributed by atoms with van der Waals surface area (Å²) in [6, 6.07) is 17.8. The number of carbonyl (C=O) groups excluding carboxylic acids is 1. The number of carbonyl (C=O) groups is 1. The second-order valence-electron chi connectivity index (χ2n) is 6.84. The van der Waals surface area contributed by atoms with Crippen molar-refractivity contribution >= 4 is 5.91 Å². The van der Waals surface area contributed by atoms with E-state index < -0.39 is 6.10 Å². The van der Waals surface area contributed by atoms with Crippen LogP contribution in [0.5, 0.6) is 11.5 Å². The van der Waals surface area contributed by atoms with E-state index in [4.69, 9.17) is 14.2 Å². The Morgan fingerprint density at radius 1 is 1.00 bits per heavy atom. The SMILES string of the molecule is O=C(NCC1(c2ccccc2)CCOCC1)C1COc2ccccc2O1. The van der Waals surface area contributed by atoms with Crippen molar-refractivity contribution in [1.29, 1.82) is 0 Å². The molecule has 1 fully saturated rings. The molecule has 1 saturated heterocycles. The number of fused-ring (bicyclic) bond motifs is 1. The van der Waals surface area contributed by atoms with Crippen molar-refractivity contribution in [3.63, 3.8) is 0 Å². The molecular weight excluding hydrogens is 330 g/mol. The fourth-order valence-electron chi connectivity index (χ4n) is 3.64. The average Bonchev–Trinajstić information content (AvgIpc) is 2.73. The van der Waals surface area contributed by atoms with E-state index >= 15 is 0 Å². The summed E-state index contributed by atoms with van der Waals surface area (Å²) in [4.78, 5) is 12.7. The van der Waals surface area contributed by atoms with Crippen LogP contribution in [0, 0.1) is 0 Å². The molecule has 2 aromatic rings. The predicted molar refractivity (Wildman–Crippen MR) is 97.5 cm³/mol. The third-order valence-electron chi connectivity index (χ3n) is 5.24. The number of hydrogen-bond donors (Lipinski definition) is 1. The van der Waals surface area contributed by atoms with Crippen LogP contribution in [0.4, 0.5) is 0 Å². The number of para-hydroxylation sites is 2. The van der Waals surface area contributed by atoms with Crippen molar-refractivity contribution < 1.29 is 19.0 Å². The molecule has 2 heterocycles. The molecule has 2 aliphatic heterocycles. The van der Waals surface area contributed by atoms with E-state index in [0.29, 0.717) is 31.3 Å². The van der Waals surface area contributed by atoms with Crippen LogP contribution in [-0.2, 0) is 14.9 Å². The van der Waals surface area contributed by atoms with Gasteiger partial charge in [0.05, 0.1) is 0 Å². The summed E-state index contributed by atoms with van der Waals surface area (Å²) in [7, 11) is 0. The van der Waals surface area contributed by atoms with E-state index in [1.54, 1.807) is 0 Å². The molecule has 1 amide bonds. The van der Waals surface area contributed by atoms with Gasteiger partial charge in [-0.25, -0.2) is 0 Å². The van der Waals surface area contributed by atoms with Crippen LogP contribution in [0.2, 0.25) is 0 Å². The Balaban J connectivity index is 1.44. The van der Waals surface area contributed by atoms with E-state index in [-0.39, 0.29) is 17.9 Å². The quantitative estimate of drug-likeness (QED) is 0.918. The first kappa shape index (κ1) is 16.9. The molecule has 0 radical (unpaired) electrons. The fraction of sp³-hybridized carbons (Fsp3) is 0.381. The lowest BCUT2D eigenvalue weighted by Crippen LogP contribution is -2.50. The smallest absolute Gasteiger partial charge is 0.264 e. The first-order chi connectivity index (χ1) is 12.8. The van der Waals surface area contributed by atoms with Crippen molar-refractivity contribution in [2.75, 3.05) is 26.4 Å². The molecule has 5 heteroatoms. The van der Waals surface area contributed by atoms with Crippen LogP contribution in [0.3, 0.4) is 0 Å². The summed E-state index contributed by atoms with van der Waals surface area (Å²) in [5, 5.41) is 3.09. The van der Waals surface area contributed by atoms with Gasteiger partial charge in [0, 0.05) is 25.2 Å². The summed E-state index contributed by atoms with van der Waals surface area (Å²) in [6.45, 7) is 2.22. The van der Waals surface area contributed by atoms with Crippen molar-refractivity contribution in [3.8, 4) is 11.5 Å². The Kier molecular flexibility index (Phi) is 4.80. The van der Waals surface area contributed by atoms with Gasteiger partial charge in [0.1, 0.15) is 6.61 Å². The summed E-state index contributed by atoms with van der Waals surface area (Å²) in [6.07, 6.45) is 1.15. The highest BCUT2D eigenvalue weighted by Crippen LogP contribution is 2.34. The third-order valence-corrected chi connectivity index (χ3v) is 5.24. The van der Waals surface area contributed by atoms with Crippen LogP contribution in [0.1, 0.15) is 18.4 Å². The Labute approximate surface area is 153 Å². The monoisotopic (exact) mass is 353 g/mol. The molecule has 26 heavy (non-hydrogen) atoms. The van der Waals surface area contributed by atoms with Gasteiger partial charge >= 0.3 is 0 Å². The van der Waals surface area contributed by atoms with Gasteiger partial charge in [-0.05, 0) is 30.5 Å². The minimum Gasteiger partial charge on any atom is -0.485 e. The lowest BCUT2D eigenvalue weighted by molar-refractivity contribution is -0.130. The van der Waals surface area contributed by atoms with Crippen LogP contribution in [0.25, 0.3) is 0 Å². The summed E-state index contributed by atoms with van der Waals surface area (Å²) in [5.74, 6) is 1.16. The number of ether oxygens (including phenoxy) is 3. The van der Waals surface area contributed by atoms with Gasteiger partial charge < -0.3 is 19.5 Å². The van der Waals surface area contributed by atoms with Crippen molar-refractivity contribution in [2.24, 2.45) is 0 Å². The maximum absolute atomic E-state index is 12.7. The molecule has 0 spiro atoms. The van der Waals surface area contributed by atoms with Gasteiger partial charge in [0.25, 0.3) is 5.91 Å². The van der Waals surface area contributed by atoms with Gasteiger partial charge in [-0.1, -0.05) is 42.5 Å². The molecule has 4 rings (SSSR count). The fourth-order valence-corrected chi connectivity index (χ4v) is 3.64. The molecule has 0 aliphatic carbocycles. The maximum Gasteiger partial charge on any atom is 0.264 e. The Hall–Kier alpha value is -2.53. The molecule has 0 aromatic heterocycles. The zero-order chi connectivity index (χ0) is 17.8. The normalized spacial score (nSPS) is 21.0. The number of hydrogen-bond acceptors (Lipinski definition) is 4. The van der Waals surface area contributed by atoms with Gasteiger partial charge in [-0.15, -0.1) is 0 Å². The topological polar surface area (TPSA) is 56.8 Å². The second kappa shape index (κ2) is 7.38. The summed E-state index contributed by atoms with van der Waals surface area (Å²) in [5.41, 5.74) is 1.15. The second-order valence-corrected chi connectivity index (χ2v) is 6.84. The molecular formula is C21H23NO4. The van der Waals surface area contributed by atoms with E-state index in [2.05, 4.69) is 17.4 Å². The predicted octanol–water partition coefficient (Wildman–Crippen LogP) is 2.69. The highest BCUT2D eigenvalue weighted by molar-refractivity contribution is 5.81. The molecule has 5 nitrogen and oxygen atoms in total. The van der Waals surface area contributed by atoms with Crippen molar-refractivity contribution in [1.82, 2.24) is 5.32 Å². The average molecular weight is 353 g/mol. The van der Waals surface area contributed by atoms with E-state index in [1.807, 2.05) is 42.5 Å². The maximum atomic E-state index is 12.7.